The van der Waals surface area contributed by atoms with Gasteiger partial charge in [0.25, 0.3) is 0 Å². The van der Waals surface area contributed by atoms with Crippen LogP contribution in [0.15, 0.2) is 55.1 Å². The van der Waals surface area contributed by atoms with Crippen LogP contribution in [0, 0.1) is 12.7 Å². The Kier molecular flexibility index (Phi) is 4.28. The summed E-state index contributed by atoms with van der Waals surface area (Å²) in [6.07, 6.45) is 5.34. The molecule has 0 fully saturated rings. The zero-order chi connectivity index (χ0) is 16.2. The third-order valence-corrected chi connectivity index (χ3v) is 3.63. The van der Waals surface area contributed by atoms with Crippen molar-refractivity contribution >= 4 is 0 Å². The van der Waals surface area contributed by atoms with Crippen molar-refractivity contribution < 1.29 is 14.2 Å². The highest BCUT2D eigenvalue weighted by atomic mass is 19.1. The molecule has 23 heavy (non-hydrogen) atoms. The summed E-state index contributed by atoms with van der Waals surface area (Å²) in [5, 5.41) is 9.52. The number of halogens is 1. The summed E-state index contributed by atoms with van der Waals surface area (Å²) >= 11 is 0. The predicted molar refractivity (Wildman–Crippen MR) is 86.0 cm³/mol. The van der Waals surface area contributed by atoms with Crippen molar-refractivity contribution in [3.8, 4) is 22.6 Å². The zero-order valence-electron chi connectivity index (χ0n) is 12.7. The molecule has 0 saturated heterocycles. The van der Waals surface area contributed by atoms with E-state index >= 15 is 0 Å². The molecule has 0 bridgehead atoms. The normalized spacial score (nSPS) is 10.7. The van der Waals surface area contributed by atoms with Crippen LogP contribution in [0.1, 0.15) is 5.56 Å². The number of phenols is 1. The molecule has 0 saturated carbocycles. The fraction of sp³-hybridized carbons (Fsp3) is 0.167. The first-order valence-corrected chi connectivity index (χ1v) is 7.31. The maximum Gasteiger partial charge on any atom is 0.134 e. The van der Waals surface area contributed by atoms with E-state index in [0.717, 1.165) is 17.4 Å². The summed E-state index contributed by atoms with van der Waals surface area (Å²) < 4.78 is 21.6. The molecule has 0 aliphatic rings. The van der Waals surface area contributed by atoms with E-state index in [1.807, 2.05) is 22.9 Å². The Balaban J connectivity index is 1.68. The minimum atomic E-state index is -0.443. The molecular weight excluding hydrogens is 295 g/mol. The standard InChI is InChI=1S/C18H17FN2O2/c1-13-10-16(17(19)11-18(13)22)14-2-4-15(5-3-14)23-9-8-21-7-6-20-12-21/h2-7,10-12,22H,8-9H2,1H3. The average Bonchev–Trinajstić information content (AvgIpc) is 3.05. The number of nitrogens with zero attached hydrogens (tertiary/aromatic N) is 2. The monoisotopic (exact) mass is 312 g/mol. The van der Waals surface area contributed by atoms with Gasteiger partial charge in [0.15, 0.2) is 0 Å². The largest absolute Gasteiger partial charge is 0.508 e. The molecule has 0 aliphatic heterocycles. The van der Waals surface area contributed by atoms with Crippen molar-refractivity contribution in [3.63, 3.8) is 0 Å². The summed E-state index contributed by atoms with van der Waals surface area (Å²) in [6.45, 7) is 2.99. The van der Waals surface area contributed by atoms with E-state index in [9.17, 15) is 9.50 Å². The Morgan fingerprint density at radius 1 is 1.22 bits per heavy atom. The lowest BCUT2D eigenvalue weighted by molar-refractivity contribution is 0.298. The molecule has 0 atom stereocenters. The predicted octanol–water partition coefficient (Wildman–Crippen LogP) is 3.78. The lowest BCUT2D eigenvalue weighted by atomic mass is 10.0. The van der Waals surface area contributed by atoms with Gasteiger partial charge < -0.3 is 14.4 Å². The first-order chi connectivity index (χ1) is 11.1. The van der Waals surface area contributed by atoms with Gasteiger partial charge >= 0.3 is 0 Å². The molecule has 0 amide bonds. The Morgan fingerprint density at radius 3 is 2.70 bits per heavy atom. The Morgan fingerprint density at radius 2 is 2.00 bits per heavy atom. The van der Waals surface area contributed by atoms with Gasteiger partial charge in [-0.05, 0) is 36.2 Å². The van der Waals surface area contributed by atoms with Crippen LogP contribution in [-0.4, -0.2) is 21.3 Å². The number of ether oxygens (including phenoxy) is 1. The second-order valence-electron chi connectivity index (χ2n) is 5.29. The summed E-state index contributed by atoms with van der Waals surface area (Å²) in [6, 6.07) is 10.0. The van der Waals surface area contributed by atoms with Crippen LogP contribution in [0.5, 0.6) is 11.5 Å². The van der Waals surface area contributed by atoms with Gasteiger partial charge in [-0.1, -0.05) is 12.1 Å². The lowest BCUT2D eigenvalue weighted by Crippen LogP contribution is -2.06. The van der Waals surface area contributed by atoms with E-state index in [-0.39, 0.29) is 5.75 Å². The lowest BCUT2D eigenvalue weighted by Gasteiger charge is -2.09. The van der Waals surface area contributed by atoms with Gasteiger partial charge in [-0.15, -0.1) is 0 Å². The number of rotatable bonds is 5. The Labute approximate surface area is 133 Å². The molecule has 3 rings (SSSR count). The first kappa shape index (κ1) is 15.1. The summed E-state index contributed by atoms with van der Waals surface area (Å²) in [5.74, 6) is 0.248. The van der Waals surface area contributed by atoms with Gasteiger partial charge in [0.05, 0.1) is 12.9 Å². The molecule has 118 valence electrons. The van der Waals surface area contributed by atoms with Crippen molar-refractivity contribution in [3.05, 3.63) is 66.5 Å². The molecule has 0 radical (unpaired) electrons. The van der Waals surface area contributed by atoms with E-state index in [2.05, 4.69) is 4.98 Å². The van der Waals surface area contributed by atoms with Gasteiger partial charge in [-0.2, -0.15) is 0 Å². The van der Waals surface area contributed by atoms with Crippen LogP contribution in [-0.2, 0) is 6.54 Å². The average molecular weight is 312 g/mol. The van der Waals surface area contributed by atoms with Crippen LogP contribution in [0.25, 0.3) is 11.1 Å². The summed E-state index contributed by atoms with van der Waals surface area (Å²) in [7, 11) is 0. The fourth-order valence-electron chi connectivity index (χ4n) is 2.31. The number of imidazole rings is 1. The number of aryl methyl sites for hydroxylation is 1. The minimum Gasteiger partial charge on any atom is -0.508 e. The van der Waals surface area contributed by atoms with Gasteiger partial charge in [-0.25, -0.2) is 9.37 Å². The van der Waals surface area contributed by atoms with Crippen molar-refractivity contribution in [1.82, 2.24) is 9.55 Å². The summed E-state index contributed by atoms with van der Waals surface area (Å²) in [4.78, 5) is 3.97. The molecule has 4 nitrogen and oxygen atoms in total. The van der Waals surface area contributed by atoms with Crippen LogP contribution in [0.4, 0.5) is 4.39 Å². The molecular formula is C18H17FN2O2. The molecule has 0 aliphatic carbocycles. The number of benzene rings is 2. The second kappa shape index (κ2) is 6.52. The van der Waals surface area contributed by atoms with Gasteiger partial charge in [0, 0.05) is 24.0 Å². The van der Waals surface area contributed by atoms with Crippen LogP contribution < -0.4 is 4.74 Å². The van der Waals surface area contributed by atoms with E-state index in [4.69, 9.17) is 4.74 Å². The molecule has 1 aromatic heterocycles. The van der Waals surface area contributed by atoms with Crippen molar-refractivity contribution in [1.29, 1.82) is 0 Å². The SMILES string of the molecule is Cc1cc(-c2ccc(OCCn3ccnc3)cc2)c(F)cc1O. The quantitative estimate of drug-likeness (QED) is 0.780. The molecule has 1 N–H and O–H groups in total. The molecule has 0 unspecified atom stereocenters. The summed E-state index contributed by atoms with van der Waals surface area (Å²) in [5.41, 5.74) is 1.85. The number of phenolic OH excluding ortho intramolecular Hbond substituents is 1. The van der Waals surface area contributed by atoms with Crippen molar-refractivity contribution in [2.75, 3.05) is 6.61 Å². The smallest absolute Gasteiger partial charge is 0.134 e. The van der Waals surface area contributed by atoms with E-state index in [1.54, 1.807) is 37.6 Å². The van der Waals surface area contributed by atoms with Crippen LogP contribution >= 0.6 is 0 Å². The van der Waals surface area contributed by atoms with E-state index < -0.39 is 5.82 Å². The topological polar surface area (TPSA) is 47.3 Å². The molecule has 1 heterocycles. The number of hydrogen-bond donors (Lipinski definition) is 1. The van der Waals surface area contributed by atoms with Crippen molar-refractivity contribution in [2.45, 2.75) is 13.5 Å². The minimum absolute atomic E-state index is 0.0364. The number of aromatic nitrogens is 2. The first-order valence-electron chi connectivity index (χ1n) is 7.31. The Hall–Kier alpha value is -2.82. The molecule has 0 spiro atoms. The van der Waals surface area contributed by atoms with Gasteiger partial charge in [0.2, 0.25) is 0 Å². The van der Waals surface area contributed by atoms with Crippen LogP contribution in [0.2, 0.25) is 0 Å². The van der Waals surface area contributed by atoms with Crippen molar-refractivity contribution in [2.24, 2.45) is 0 Å². The molecule has 5 heteroatoms. The number of aromatic hydroxyl groups is 1. The highest BCUT2D eigenvalue weighted by Gasteiger charge is 2.09. The molecule has 2 aromatic carbocycles. The second-order valence-corrected chi connectivity index (χ2v) is 5.29. The highest BCUT2D eigenvalue weighted by molar-refractivity contribution is 5.67. The third-order valence-electron chi connectivity index (χ3n) is 3.63. The van der Waals surface area contributed by atoms with Gasteiger partial charge in [0.1, 0.15) is 23.9 Å². The molecule has 3 aromatic rings. The maximum atomic E-state index is 14.0. The van der Waals surface area contributed by atoms with Gasteiger partial charge in [-0.3, -0.25) is 0 Å². The maximum absolute atomic E-state index is 14.0. The highest BCUT2D eigenvalue weighted by Crippen LogP contribution is 2.29. The van der Waals surface area contributed by atoms with E-state index in [1.165, 1.54) is 0 Å². The van der Waals surface area contributed by atoms with Crippen LogP contribution in [0.3, 0.4) is 0 Å². The third kappa shape index (κ3) is 3.51. The fourth-order valence-corrected chi connectivity index (χ4v) is 2.31. The van der Waals surface area contributed by atoms with E-state index in [0.29, 0.717) is 24.3 Å². The number of hydrogen-bond acceptors (Lipinski definition) is 3. The Bertz CT molecular complexity index is 784. The zero-order valence-corrected chi connectivity index (χ0v) is 12.7.